The maximum absolute atomic E-state index is 6.14. The number of aryl methyl sites for hydroxylation is 2. The maximum Gasteiger partial charge on any atom is 0.131 e. The van der Waals surface area contributed by atoms with Crippen molar-refractivity contribution in [2.24, 2.45) is 0 Å². The highest BCUT2D eigenvalue weighted by Gasteiger charge is 2.08. The fourth-order valence-corrected chi connectivity index (χ4v) is 3.12. The van der Waals surface area contributed by atoms with Crippen molar-refractivity contribution < 1.29 is 9.47 Å². The molecule has 0 spiro atoms. The third-order valence-electron chi connectivity index (χ3n) is 4.44. The molecule has 0 bridgehead atoms. The third kappa shape index (κ3) is 4.41. The van der Waals surface area contributed by atoms with Crippen molar-refractivity contribution in [3.8, 4) is 34.1 Å². The Morgan fingerprint density at radius 2 is 0.964 bits per heavy atom. The zero-order chi connectivity index (χ0) is 19.3. The molecule has 2 nitrogen and oxygen atoms in total. The van der Waals surface area contributed by atoms with Gasteiger partial charge in [0.15, 0.2) is 0 Å². The van der Waals surface area contributed by atoms with Crippen LogP contribution in [-0.2, 0) is 0 Å². The molecule has 0 aliphatic heterocycles. The summed E-state index contributed by atoms with van der Waals surface area (Å²) in [5.41, 5.74) is 4.49. The maximum atomic E-state index is 6.14. The highest BCUT2D eigenvalue weighted by Crippen LogP contribution is 2.34. The predicted molar refractivity (Wildman–Crippen MR) is 114 cm³/mol. The largest absolute Gasteiger partial charge is 0.457 e. The minimum atomic E-state index is 0.745. The van der Waals surface area contributed by atoms with E-state index >= 15 is 0 Å². The van der Waals surface area contributed by atoms with E-state index in [1.54, 1.807) is 0 Å². The van der Waals surface area contributed by atoms with Gasteiger partial charge in [-0.3, -0.25) is 0 Å². The Bertz CT molecular complexity index is 1020. The fraction of sp³-hybridized carbons (Fsp3) is 0.0769. The zero-order valence-electron chi connectivity index (χ0n) is 16.1. The van der Waals surface area contributed by atoms with Crippen LogP contribution in [0.3, 0.4) is 0 Å². The first kappa shape index (κ1) is 17.9. The molecular formula is C26H22O2. The number of ether oxygens (including phenoxy) is 2. The number of benzene rings is 4. The van der Waals surface area contributed by atoms with E-state index < -0.39 is 0 Å². The van der Waals surface area contributed by atoms with E-state index in [1.165, 1.54) is 0 Å². The summed E-state index contributed by atoms with van der Waals surface area (Å²) in [5.74, 6) is 3.11. The Labute approximate surface area is 166 Å². The van der Waals surface area contributed by atoms with Crippen LogP contribution < -0.4 is 9.47 Å². The zero-order valence-corrected chi connectivity index (χ0v) is 16.1. The van der Waals surface area contributed by atoms with Gasteiger partial charge in [-0.1, -0.05) is 54.6 Å². The SMILES string of the molecule is Cc1cccc(Oc2cc(Oc3cccc(C)c3)cc(-c3ccccc3)c2)c1. The normalized spacial score (nSPS) is 10.5. The molecule has 0 aliphatic rings. The van der Waals surface area contributed by atoms with E-state index in [-0.39, 0.29) is 0 Å². The summed E-state index contributed by atoms with van der Waals surface area (Å²) < 4.78 is 12.3. The summed E-state index contributed by atoms with van der Waals surface area (Å²) in [6.07, 6.45) is 0. The molecule has 0 unspecified atom stereocenters. The van der Waals surface area contributed by atoms with Crippen LogP contribution in [-0.4, -0.2) is 0 Å². The summed E-state index contributed by atoms with van der Waals surface area (Å²) in [7, 11) is 0. The molecular weight excluding hydrogens is 344 g/mol. The van der Waals surface area contributed by atoms with Gasteiger partial charge in [-0.05, 0) is 72.5 Å². The first-order valence-corrected chi connectivity index (χ1v) is 9.35. The van der Waals surface area contributed by atoms with Gasteiger partial charge in [-0.25, -0.2) is 0 Å². The summed E-state index contributed by atoms with van der Waals surface area (Å²) in [4.78, 5) is 0. The second-order valence-corrected chi connectivity index (χ2v) is 6.90. The van der Waals surface area contributed by atoms with Crippen LogP contribution in [0.15, 0.2) is 97.1 Å². The average molecular weight is 366 g/mol. The molecule has 0 aromatic heterocycles. The van der Waals surface area contributed by atoms with E-state index in [0.29, 0.717) is 0 Å². The minimum absolute atomic E-state index is 0.745. The molecule has 0 amide bonds. The molecule has 28 heavy (non-hydrogen) atoms. The molecule has 0 saturated carbocycles. The fourth-order valence-electron chi connectivity index (χ4n) is 3.12. The molecule has 0 N–H and O–H groups in total. The molecule has 0 heterocycles. The molecule has 4 aromatic carbocycles. The van der Waals surface area contributed by atoms with Crippen molar-refractivity contribution in [2.75, 3.05) is 0 Å². The first-order chi connectivity index (χ1) is 13.7. The van der Waals surface area contributed by atoms with E-state index in [0.717, 1.165) is 45.3 Å². The number of hydrogen-bond donors (Lipinski definition) is 0. The smallest absolute Gasteiger partial charge is 0.131 e. The van der Waals surface area contributed by atoms with Crippen LogP contribution >= 0.6 is 0 Å². The van der Waals surface area contributed by atoms with E-state index in [1.807, 2.05) is 72.8 Å². The summed E-state index contributed by atoms with van der Waals surface area (Å²) in [6, 6.07) is 32.3. The summed E-state index contributed by atoms with van der Waals surface area (Å²) >= 11 is 0. The molecule has 0 saturated heterocycles. The molecule has 4 aromatic rings. The Morgan fingerprint density at radius 1 is 0.429 bits per heavy atom. The Hall–Kier alpha value is -3.52. The van der Waals surface area contributed by atoms with Crippen molar-refractivity contribution in [1.29, 1.82) is 0 Å². The molecule has 0 fully saturated rings. The van der Waals surface area contributed by atoms with Crippen LogP contribution in [0.25, 0.3) is 11.1 Å². The third-order valence-corrected chi connectivity index (χ3v) is 4.44. The van der Waals surface area contributed by atoms with E-state index in [2.05, 4.69) is 38.1 Å². The van der Waals surface area contributed by atoms with Crippen LogP contribution in [0.4, 0.5) is 0 Å². The first-order valence-electron chi connectivity index (χ1n) is 9.35. The van der Waals surface area contributed by atoms with Gasteiger partial charge in [-0.2, -0.15) is 0 Å². The van der Waals surface area contributed by atoms with Crippen molar-refractivity contribution in [2.45, 2.75) is 13.8 Å². The Balaban J connectivity index is 1.72. The van der Waals surface area contributed by atoms with E-state index in [4.69, 9.17) is 9.47 Å². The van der Waals surface area contributed by atoms with Crippen molar-refractivity contribution in [1.82, 2.24) is 0 Å². The highest BCUT2D eigenvalue weighted by atomic mass is 16.5. The number of rotatable bonds is 5. The molecule has 0 radical (unpaired) electrons. The number of hydrogen-bond acceptors (Lipinski definition) is 2. The highest BCUT2D eigenvalue weighted by molar-refractivity contribution is 5.67. The molecule has 0 atom stereocenters. The van der Waals surface area contributed by atoms with Crippen molar-refractivity contribution in [3.05, 3.63) is 108 Å². The summed E-state index contributed by atoms with van der Waals surface area (Å²) in [6.45, 7) is 4.11. The lowest BCUT2D eigenvalue weighted by molar-refractivity contribution is 0.460. The van der Waals surface area contributed by atoms with Gasteiger partial charge in [0, 0.05) is 6.07 Å². The van der Waals surface area contributed by atoms with Gasteiger partial charge in [0.05, 0.1) is 0 Å². The topological polar surface area (TPSA) is 18.5 Å². The Morgan fingerprint density at radius 3 is 1.46 bits per heavy atom. The van der Waals surface area contributed by atoms with Crippen LogP contribution in [0, 0.1) is 13.8 Å². The van der Waals surface area contributed by atoms with Crippen molar-refractivity contribution >= 4 is 0 Å². The molecule has 0 aliphatic carbocycles. The van der Waals surface area contributed by atoms with Gasteiger partial charge in [0.2, 0.25) is 0 Å². The predicted octanol–water partition coefficient (Wildman–Crippen LogP) is 7.56. The standard InChI is InChI=1S/C26H22O2/c1-19-8-6-12-23(14-19)27-25-16-22(21-10-4-3-5-11-21)17-26(18-25)28-24-13-7-9-20(2)15-24/h3-18H,1-2H3. The monoisotopic (exact) mass is 366 g/mol. The van der Waals surface area contributed by atoms with Gasteiger partial charge >= 0.3 is 0 Å². The Kier molecular flexibility index (Phi) is 5.11. The van der Waals surface area contributed by atoms with Crippen LogP contribution in [0.5, 0.6) is 23.0 Å². The second-order valence-electron chi connectivity index (χ2n) is 6.90. The van der Waals surface area contributed by atoms with Gasteiger partial charge in [-0.15, -0.1) is 0 Å². The lowest BCUT2D eigenvalue weighted by Crippen LogP contribution is -1.90. The average Bonchev–Trinajstić information content (AvgIpc) is 2.68. The minimum Gasteiger partial charge on any atom is -0.457 e. The van der Waals surface area contributed by atoms with Gasteiger partial charge in [0.25, 0.3) is 0 Å². The van der Waals surface area contributed by atoms with Crippen molar-refractivity contribution in [3.63, 3.8) is 0 Å². The van der Waals surface area contributed by atoms with Crippen LogP contribution in [0.1, 0.15) is 11.1 Å². The molecule has 138 valence electrons. The molecule has 4 rings (SSSR count). The lowest BCUT2D eigenvalue weighted by atomic mass is 10.1. The van der Waals surface area contributed by atoms with Gasteiger partial charge < -0.3 is 9.47 Å². The lowest BCUT2D eigenvalue weighted by Gasteiger charge is -2.13. The molecule has 2 heteroatoms. The van der Waals surface area contributed by atoms with Crippen LogP contribution in [0.2, 0.25) is 0 Å². The summed E-state index contributed by atoms with van der Waals surface area (Å²) in [5, 5.41) is 0. The van der Waals surface area contributed by atoms with Gasteiger partial charge in [0.1, 0.15) is 23.0 Å². The van der Waals surface area contributed by atoms with E-state index in [9.17, 15) is 0 Å². The quantitative estimate of drug-likeness (QED) is 0.363. The second kappa shape index (κ2) is 8.01.